The number of aryl methyl sites for hydroxylation is 1. The molecule has 3 heterocycles. The summed E-state index contributed by atoms with van der Waals surface area (Å²) in [6.45, 7) is 11.4. The van der Waals surface area contributed by atoms with Gasteiger partial charge in [-0.1, -0.05) is 17.7 Å². The number of esters is 1. The van der Waals surface area contributed by atoms with Crippen molar-refractivity contribution in [1.29, 1.82) is 0 Å². The van der Waals surface area contributed by atoms with Gasteiger partial charge < -0.3 is 9.64 Å². The lowest BCUT2D eigenvalue weighted by Gasteiger charge is -2.37. The lowest BCUT2D eigenvalue weighted by Crippen LogP contribution is -2.47. The number of cyclic esters (lactones) is 1. The third kappa shape index (κ3) is 4.82. The number of hydrogen-bond donors (Lipinski definition) is 0. The van der Waals surface area contributed by atoms with E-state index in [0.717, 1.165) is 45.6 Å². The van der Waals surface area contributed by atoms with Crippen molar-refractivity contribution in [2.75, 3.05) is 50.7 Å². The Morgan fingerprint density at radius 2 is 1.66 bits per heavy atom. The predicted molar refractivity (Wildman–Crippen MR) is 126 cm³/mol. The van der Waals surface area contributed by atoms with Gasteiger partial charge in [0, 0.05) is 57.9 Å². The van der Waals surface area contributed by atoms with Gasteiger partial charge in [-0.3, -0.25) is 9.69 Å². The lowest BCUT2D eigenvalue weighted by atomic mass is 9.76. The van der Waals surface area contributed by atoms with Gasteiger partial charge in [-0.05, 0) is 52.2 Å². The molecule has 0 radical (unpaired) electrons. The number of hydrogen-bond acceptors (Lipinski definition) is 6. The van der Waals surface area contributed by atoms with Crippen LogP contribution in [0, 0.1) is 12.3 Å². The van der Waals surface area contributed by atoms with Gasteiger partial charge in [0.15, 0.2) is 0 Å². The number of carbonyl (C=O) groups is 1. The number of anilines is 1. The molecule has 4 rings (SSSR count). The molecule has 3 aliphatic rings. The lowest BCUT2D eigenvalue weighted by molar-refractivity contribution is -0.150. The van der Waals surface area contributed by atoms with E-state index < -0.39 is 20.7 Å². The SMILES string of the molecule is Cc1ccc(N2CCN(CC[C@H]3CC4(CCN(S(=O)(=O)C(C)C)CC4)C(=O)O3)CC2)cc1. The van der Waals surface area contributed by atoms with Crippen LogP contribution < -0.4 is 4.90 Å². The highest BCUT2D eigenvalue weighted by Crippen LogP contribution is 2.44. The van der Waals surface area contributed by atoms with E-state index in [2.05, 4.69) is 41.0 Å². The van der Waals surface area contributed by atoms with Crippen LogP contribution >= 0.6 is 0 Å². The summed E-state index contributed by atoms with van der Waals surface area (Å²) in [5.74, 6) is -0.117. The van der Waals surface area contributed by atoms with Crippen molar-refractivity contribution in [3.05, 3.63) is 29.8 Å². The molecule has 0 unspecified atom stereocenters. The summed E-state index contributed by atoms with van der Waals surface area (Å²) >= 11 is 0. The quantitative estimate of drug-likeness (QED) is 0.604. The summed E-state index contributed by atoms with van der Waals surface area (Å²) in [5.41, 5.74) is 2.08. The molecule has 0 aromatic heterocycles. The first-order valence-electron chi connectivity index (χ1n) is 11.9. The van der Waals surface area contributed by atoms with Gasteiger partial charge in [0.2, 0.25) is 10.0 Å². The number of carbonyl (C=O) groups excluding carboxylic acids is 1. The fourth-order valence-corrected chi connectivity index (χ4v) is 6.47. The van der Waals surface area contributed by atoms with Crippen LogP contribution in [0.3, 0.4) is 0 Å². The van der Waals surface area contributed by atoms with Crippen LogP contribution in [0.2, 0.25) is 0 Å². The highest BCUT2D eigenvalue weighted by Gasteiger charge is 2.51. The Hall–Kier alpha value is -1.64. The monoisotopic (exact) mass is 463 g/mol. The molecule has 0 amide bonds. The van der Waals surface area contributed by atoms with E-state index in [1.165, 1.54) is 11.3 Å². The highest BCUT2D eigenvalue weighted by atomic mass is 32.2. The largest absolute Gasteiger partial charge is 0.462 e. The third-order valence-corrected chi connectivity index (χ3v) is 9.78. The maximum Gasteiger partial charge on any atom is 0.312 e. The van der Waals surface area contributed by atoms with E-state index >= 15 is 0 Å². The van der Waals surface area contributed by atoms with Gasteiger partial charge >= 0.3 is 5.97 Å². The molecule has 1 aromatic rings. The van der Waals surface area contributed by atoms with Crippen molar-refractivity contribution < 1.29 is 17.9 Å². The molecule has 8 heteroatoms. The van der Waals surface area contributed by atoms with Crippen LogP contribution in [-0.4, -0.2) is 80.8 Å². The molecule has 3 saturated heterocycles. The molecule has 1 atom stereocenters. The highest BCUT2D eigenvalue weighted by molar-refractivity contribution is 7.89. The van der Waals surface area contributed by atoms with Gasteiger partial charge in [0.05, 0.1) is 10.7 Å². The molecule has 0 bridgehead atoms. The maximum absolute atomic E-state index is 12.7. The molecule has 3 aliphatic heterocycles. The first-order chi connectivity index (χ1) is 15.2. The van der Waals surface area contributed by atoms with Gasteiger partial charge in [-0.2, -0.15) is 0 Å². The second kappa shape index (κ2) is 9.31. The zero-order valence-electron chi connectivity index (χ0n) is 19.6. The van der Waals surface area contributed by atoms with Crippen LogP contribution in [0.4, 0.5) is 5.69 Å². The fraction of sp³-hybridized carbons (Fsp3) is 0.708. The first-order valence-corrected chi connectivity index (χ1v) is 13.4. The molecule has 32 heavy (non-hydrogen) atoms. The standard InChI is InChI=1S/C24H37N3O4S/c1-19(2)32(29,30)27-12-9-24(10-13-27)18-22(31-23(24)28)8-11-25-14-16-26(17-15-25)21-6-4-20(3)5-7-21/h4-7,19,22H,8-18H2,1-3H3/t22-/m0/s1. The van der Waals surface area contributed by atoms with Gasteiger partial charge in [-0.15, -0.1) is 0 Å². The topological polar surface area (TPSA) is 70.2 Å². The van der Waals surface area contributed by atoms with Crippen LogP contribution in [0.1, 0.15) is 45.1 Å². The molecule has 178 valence electrons. The van der Waals surface area contributed by atoms with Gasteiger partial charge in [-0.25, -0.2) is 12.7 Å². The van der Waals surface area contributed by atoms with Crippen molar-refractivity contribution in [3.63, 3.8) is 0 Å². The summed E-state index contributed by atoms with van der Waals surface area (Å²) < 4.78 is 32.2. The molecule has 0 saturated carbocycles. The second-order valence-electron chi connectivity index (χ2n) is 9.96. The number of ether oxygens (including phenoxy) is 1. The number of rotatable bonds is 6. The zero-order valence-corrected chi connectivity index (χ0v) is 20.4. The summed E-state index contributed by atoms with van der Waals surface area (Å²) in [6.07, 6.45) is 2.68. The maximum atomic E-state index is 12.7. The van der Waals surface area contributed by atoms with E-state index in [4.69, 9.17) is 4.74 Å². The van der Waals surface area contributed by atoms with Crippen LogP contribution in [0.25, 0.3) is 0 Å². The first kappa shape index (κ1) is 23.5. The second-order valence-corrected chi connectivity index (χ2v) is 12.4. The van der Waals surface area contributed by atoms with Crippen LogP contribution in [-0.2, 0) is 19.6 Å². The molecule has 0 aliphatic carbocycles. The zero-order chi connectivity index (χ0) is 22.9. The number of piperazine rings is 1. The normalized spacial score (nSPS) is 24.9. The van der Waals surface area contributed by atoms with Crippen LogP contribution in [0.15, 0.2) is 24.3 Å². The Bertz CT molecular complexity index is 900. The van der Waals surface area contributed by atoms with E-state index in [1.807, 2.05) is 0 Å². The Morgan fingerprint density at radius 1 is 1.03 bits per heavy atom. The smallest absolute Gasteiger partial charge is 0.312 e. The van der Waals surface area contributed by atoms with Crippen molar-refractivity contribution in [2.24, 2.45) is 5.41 Å². The molecule has 1 aromatic carbocycles. The van der Waals surface area contributed by atoms with Gasteiger partial charge in [0.25, 0.3) is 0 Å². The van der Waals surface area contributed by atoms with E-state index in [0.29, 0.717) is 25.9 Å². The minimum absolute atomic E-state index is 0.0501. The number of nitrogens with zero attached hydrogens (tertiary/aromatic N) is 3. The Kier molecular flexibility index (Phi) is 6.84. The predicted octanol–water partition coefficient (Wildman–Crippen LogP) is 2.64. The van der Waals surface area contributed by atoms with E-state index in [1.54, 1.807) is 18.2 Å². The summed E-state index contributed by atoms with van der Waals surface area (Å²) in [6, 6.07) is 8.71. The average Bonchev–Trinajstić information content (AvgIpc) is 3.08. The van der Waals surface area contributed by atoms with Gasteiger partial charge in [0.1, 0.15) is 6.10 Å². The number of sulfonamides is 1. The molecule has 1 spiro atoms. The van der Waals surface area contributed by atoms with E-state index in [-0.39, 0.29) is 12.1 Å². The molecule has 0 N–H and O–H groups in total. The Morgan fingerprint density at radius 3 is 2.25 bits per heavy atom. The number of benzene rings is 1. The van der Waals surface area contributed by atoms with Crippen molar-refractivity contribution >= 4 is 21.7 Å². The van der Waals surface area contributed by atoms with Crippen molar-refractivity contribution in [2.45, 2.75) is 57.8 Å². The van der Waals surface area contributed by atoms with Crippen LogP contribution in [0.5, 0.6) is 0 Å². The molecule has 3 fully saturated rings. The Balaban J connectivity index is 1.23. The molecular formula is C24H37N3O4S. The fourth-order valence-electron chi connectivity index (χ4n) is 5.19. The minimum Gasteiger partial charge on any atom is -0.462 e. The van der Waals surface area contributed by atoms with Crippen molar-refractivity contribution in [1.82, 2.24) is 9.21 Å². The average molecular weight is 464 g/mol. The number of piperidine rings is 1. The third-order valence-electron chi connectivity index (χ3n) is 7.50. The summed E-state index contributed by atoms with van der Waals surface area (Å²) in [4.78, 5) is 17.6. The van der Waals surface area contributed by atoms with E-state index in [9.17, 15) is 13.2 Å². The van der Waals surface area contributed by atoms with Crippen molar-refractivity contribution in [3.8, 4) is 0 Å². The summed E-state index contributed by atoms with van der Waals surface area (Å²) in [7, 11) is -3.26. The minimum atomic E-state index is -3.26. The summed E-state index contributed by atoms with van der Waals surface area (Å²) in [5, 5.41) is -0.425. The Labute approximate surface area is 192 Å². The molecule has 7 nitrogen and oxygen atoms in total. The molecular weight excluding hydrogens is 426 g/mol.